The molecule has 1 saturated heterocycles. The monoisotopic (exact) mass is 288 g/mol. The van der Waals surface area contributed by atoms with E-state index in [4.69, 9.17) is 0 Å². The highest BCUT2D eigenvalue weighted by atomic mass is 16.2. The maximum Gasteiger partial charge on any atom is 0.227 e. The second-order valence-electron chi connectivity index (χ2n) is 6.49. The summed E-state index contributed by atoms with van der Waals surface area (Å²) in [4.78, 5) is 12.5. The van der Waals surface area contributed by atoms with Gasteiger partial charge in [-0.25, -0.2) is 0 Å². The third-order valence-electron chi connectivity index (χ3n) is 4.73. The summed E-state index contributed by atoms with van der Waals surface area (Å²) in [7, 11) is 0. The highest BCUT2D eigenvalue weighted by molar-refractivity contribution is 5.83. The number of hydrogen-bond donors (Lipinski definition) is 2. The molecular weight excluding hydrogens is 260 g/mol. The molecule has 0 aliphatic carbocycles. The van der Waals surface area contributed by atoms with E-state index in [0.29, 0.717) is 12.5 Å². The minimum absolute atomic E-state index is 0.199. The molecule has 1 unspecified atom stereocenters. The molecule has 1 aliphatic heterocycles. The molecule has 1 heterocycles. The third-order valence-corrected chi connectivity index (χ3v) is 4.73. The van der Waals surface area contributed by atoms with Crippen molar-refractivity contribution in [3.05, 3.63) is 35.4 Å². The SMILES string of the molecule is CCC1(C(=O)NCc2ccc(C(C)C)cc2)CCCNC1. The second-order valence-corrected chi connectivity index (χ2v) is 6.49. The van der Waals surface area contributed by atoms with Crippen LogP contribution in [0.5, 0.6) is 0 Å². The Kier molecular flexibility index (Phi) is 5.40. The van der Waals surface area contributed by atoms with Crippen molar-refractivity contribution in [2.24, 2.45) is 5.41 Å². The molecule has 0 radical (unpaired) electrons. The summed E-state index contributed by atoms with van der Waals surface area (Å²) in [5.74, 6) is 0.746. The van der Waals surface area contributed by atoms with Gasteiger partial charge in [-0.3, -0.25) is 4.79 Å². The van der Waals surface area contributed by atoms with Crippen LogP contribution in [0.1, 0.15) is 57.1 Å². The van der Waals surface area contributed by atoms with Crippen LogP contribution in [0.3, 0.4) is 0 Å². The van der Waals surface area contributed by atoms with Gasteiger partial charge in [-0.1, -0.05) is 45.0 Å². The molecule has 0 saturated carbocycles. The molecule has 21 heavy (non-hydrogen) atoms. The number of benzene rings is 1. The lowest BCUT2D eigenvalue weighted by Gasteiger charge is -2.35. The van der Waals surface area contributed by atoms with E-state index < -0.39 is 0 Å². The van der Waals surface area contributed by atoms with Crippen LogP contribution in [0.4, 0.5) is 0 Å². The molecule has 2 rings (SSSR count). The van der Waals surface area contributed by atoms with Gasteiger partial charge in [0.05, 0.1) is 5.41 Å². The Morgan fingerprint density at radius 1 is 1.33 bits per heavy atom. The molecule has 0 spiro atoms. The number of rotatable bonds is 5. The number of piperidine rings is 1. The van der Waals surface area contributed by atoms with Gasteiger partial charge in [0.25, 0.3) is 0 Å². The van der Waals surface area contributed by atoms with Crippen LogP contribution in [0, 0.1) is 5.41 Å². The number of hydrogen-bond acceptors (Lipinski definition) is 2. The molecule has 0 aromatic heterocycles. The van der Waals surface area contributed by atoms with Gasteiger partial charge in [0, 0.05) is 13.1 Å². The van der Waals surface area contributed by atoms with E-state index in [1.165, 1.54) is 11.1 Å². The van der Waals surface area contributed by atoms with E-state index in [1.807, 2.05) is 0 Å². The van der Waals surface area contributed by atoms with E-state index in [1.54, 1.807) is 0 Å². The maximum atomic E-state index is 12.5. The maximum absolute atomic E-state index is 12.5. The van der Waals surface area contributed by atoms with Crippen LogP contribution in [-0.4, -0.2) is 19.0 Å². The predicted octanol–water partition coefficient (Wildman–Crippen LogP) is 3.21. The summed E-state index contributed by atoms with van der Waals surface area (Å²) >= 11 is 0. The van der Waals surface area contributed by atoms with E-state index in [0.717, 1.165) is 32.4 Å². The Balaban J connectivity index is 1.93. The first-order valence-electron chi connectivity index (χ1n) is 8.15. The predicted molar refractivity (Wildman–Crippen MR) is 87.2 cm³/mol. The molecule has 1 aromatic carbocycles. The smallest absolute Gasteiger partial charge is 0.227 e. The topological polar surface area (TPSA) is 41.1 Å². The van der Waals surface area contributed by atoms with Crippen LogP contribution in [0.25, 0.3) is 0 Å². The Labute approximate surface area is 128 Å². The fraction of sp³-hybridized carbons (Fsp3) is 0.611. The van der Waals surface area contributed by atoms with Crippen molar-refractivity contribution in [3.63, 3.8) is 0 Å². The number of carbonyl (C=O) groups is 1. The Morgan fingerprint density at radius 3 is 2.57 bits per heavy atom. The Morgan fingerprint density at radius 2 is 2.05 bits per heavy atom. The average Bonchev–Trinajstić information content (AvgIpc) is 2.53. The van der Waals surface area contributed by atoms with Gasteiger partial charge in [0.1, 0.15) is 0 Å². The van der Waals surface area contributed by atoms with E-state index >= 15 is 0 Å². The normalized spacial score (nSPS) is 22.3. The van der Waals surface area contributed by atoms with E-state index in [-0.39, 0.29) is 11.3 Å². The van der Waals surface area contributed by atoms with Gasteiger partial charge >= 0.3 is 0 Å². The summed E-state index contributed by atoms with van der Waals surface area (Å²) < 4.78 is 0. The number of nitrogens with one attached hydrogen (secondary N) is 2. The van der Waals surface area contributed by atoms with Crippen molar-refractivity contribution in [3.8, 4) is 0 Å². The highest BCUT2D eigenvalue weighted by Crippen LogP contribution is 2.30. The van der Waals surface area contributed by atoms with Gasteiger partial charge in [0.2, 0.25) is 5.91 Å². The first-order chi connectivity index (χ1) is 10.1. The number of amides is 1. The van der Waals surface area contributed by atoms with Crippen molar-refractivity contribution >= 4 is 5.91 Å². The Bertz CT molecular complexity index is 459. The number of carbonyl (C=O) groups excluding carboxylic acids is 1. The van der Waals surface area contributed by atoms with Crippen LogP contribution >= 0.6 is 0 Å². The summed E-state index contributed by atoms with van der Waals surface area (Å²) in [5, 5.41) is 6.49. The van der Waals surface area contributed by atoms with Gasteiger partial charge in [-0.05, 0) is 42.9 Å². The summed E-state index contributed by atoms with van der Waals surface area (Å²) in [5.41, 5.74) is 2.30. The van der Waals surface area contributed by atoms with Crippen molar-refractivity contribution in [1.82, 2.24) is 10.6 Å². The van der Waals surface area contributed by atoms with Gasteiger partial charge < -0.3 is 10.6 Å². The van der Waals surface area contributed by atoms with Crippen molar-refractivity contribution in [2.45, 2.75) is 52.5 Å². The molecule has 0 bridgehead atoms. The average molecular weight is 288 g/mol. The van der Waals surface area contributed by atoms with Gasteiger partial charge in [-0.15, -0.1) is 0 Å². The fourth-order valence-corrected chi connectivity index (χ4v) is 3.01. The zero-order valence-electron chi connectivity index (χ0n) is 13.5. The van der Waals surface area contributed by atoms with Gasteiger partial charge in [-0.2, -0.15) is 0 Å². The Hall–Kier alpha value is -1.35. The minimum atomic E-state index is -0.212. The van der Waals surface area contributed by atoms with Crippen LogP contribution in [-0.2, 0) is 11.3 Å². The lowest BCUT2D eigenvalue weighted by Crippen LogP contribution is -2.50. The molecule has 3 nitrogen and oxygen atoms in total. The van der Waals surface area contributed by atoms with Crippen LogP contribution in [0.2, 0.25) is 0 Å². The standard InChI is InChI=1S/C18H28N2O/c1-4-18(10-5-11-19-13-18)17(21)20-12-15-6-8-16(9-7-15)14(2)3/h6-9,14,19H,4-5,10-13H2,1-3H3,(H,20,21). The summed E-state index contributed by atoms with van der Waals surface area (Å²) in [6.07, 6.45) is 2.98. The molecule has 1 atom stereocenters. The zero-order chi connectivity index (χ0) is 15.3. The van der Waals surface area contributed by atoms with E-state index in [9.17, 15) is 4.79 Å². The first-order valence-corrected chi connectivity index (χ1v) is 8.15. The lowest BCUT2D eigenvalue weighted by molar-refractivity contribution is -0.132. The van der Waals surface area contributed by atoms with Gasteiger partial charge in [0.15, 0.2) is 0 Å². The second kappa shape index (κ2) is 7.08. The van der Waals surface area contributed by atoms with Crippen molar-refractivity contribution < 1.29 is 4.79 Å². The molecule has 116 valence electrons. The summed E-state index contributed by atoms with van der Waals surface area (Å²) in [6.45, 7) is 8.96. The highest BCUT2D eigenvalue weighted by Gasteiger charge is 2.37. The molecule has 1 aliphatic rings. The largest absolute Gasteiger partial charge is 0.352 e. The minimum Gasteiger partial charge on any atom is -0.352 e. The zero-order valence-corrected chi connectivity index (χ0v) is 13.5. The lowest BCUT2D eigenvalue weighted by atomic mass is 9.77. The third kappa shape index (κ3) is 3.85. The van der Waals surface area contributed by atoms with Crippen molar-refractivity contribution in [2.75, 3.05) is 13.1 Å². The molecule has 2 N–H and O–H groups in total. The first kappa shape index (κ1) is 16.0. The van der Waals surface area contributed by atoms with E-state index in [2.05, 4.69) is 55.7 Å². The van der Waals surface area contributed by atoms with Crippen LogP contribution in [0.15, 0.2) is 24.3 Å². The molecule has 1 amide bonds. The summed E-state index contributed by atoms with van der Waals surface area (Å²) in [6, 6.07) is 8.55. The van der Waals surface area contributed by atoms with Crippen molar-refractivity contribution in [1.29, 1.82) is 0 Å². The molecule has 1 aromatic rings. The quantitative estimate of drug-likeness (QED) is 0.873. The fourth-order valence-electron chi connectivity index (χ4n) is 3.01. The molecular formula is C18H28N2O. The molecule has 1 fully saturated rings. The van der Waals surface area contributed by atoms with Crippen LogP contribution < -0.4 is 10.6 Å². The molecule has 3 heteroatoms.